The molecule has 0 aromatic carbocycles. The number of ether oxygens (including phenoxy) is 2. The number of aliphatic hydroxyl groups is 7. The monoisotopic (exact) mass is 980 g/mol. The molecule has 1 heterocycles. The zero-order valence-corrected chi connectivity index (χ0v) is 44.3. The van der Waals surface area contributed by atoms with Crippen LogP contribution in [0, 0.1) is 0 Å². The molecular formula is C58H109NO10. The van der Waals surface area contributed by atoms with Crippen LogP contribution in [0.4, 0.5) is 0 Å². The van der Waals surface area contributed by atoms with Gasteiger partial charge in [0.25, 0.3) is 0 Å². The van der Waals surface area contributed by atoms with E-state index in [9.17, 15) is 40.5 Å². The van der Waals surface area contributed by atoms with Crippen LogP contribution in [0.1, 0.15) is 258 Å². The number of unbranched alkanes of at least 4 members (excludes halogenated alkanes) is 32. The number of amides is 1. The Morgan fingerprint density at radius 2 is 0.928 bits per heavy atom. The number of hydrogen-bond donors (Lipinski definition) is 8. The molecule has 1 saturated heterocycles. The maximum absolute atomic E-state index is 13.1. The van der Waals surface area contributed by atoms with Gasteiger partial charge in [0.1, 0.15) is 36.6 Å². The van der Waals surface area contributed by atoms with Gasteiger partial charge >= 0.3 is 0 Å². The maximum Gasteiger partial charge on any atom is 0.249 e. The van der Waals surface area contributed by atoms with Crippen molar-refractivity contribution in [2.75, 3.05) is 13.2 Å². The summed E-state index contributed by atoms with van der Waals surface area (Å²) >= 11 is 0. The maximum atomic E-state index is 13.1. The predicted octanol–water partition coefficient (Wildman–Crippen LogP) is 11.9. The number of nitrogens with one attached hydrogen (secondary N) is 1. The average Bonchev–Trinajstić information content (AvgIpc) is 3.35. The molecule has 11 nitrogen and oxygen atoms in total. The van der Waals surface area contributed by atoms with Crippen LogP contribution >= 0.6 is 0 Å². The van der Waals surface area contributed by atoms with E-state index in [1.807, 2.05) is 19.1 Å². The molecule has 1 aliphatic rings. The molecule has 9 atom stereocenters. The van der Waals surface area contributed by atoms with Gasteiger partial charge in [-0.25, -0.2) is 0 Å². The standard InChI is InChI=1S/C58H109NO10/c1-3-5-7-9-11-13-14-15-16-17-18-19-20-21-22-23-24-25-26-27-28-29-30-31-32-33-34-35-36-37-38-40-42-44-46-51(62)57(67)59-49(48-68-58-56(66)55(65)54(64)52(47-60)69-58)53(63)50(61)45-43-41-39-12-10-8-6-4-2/h4,6,12,23-24,39,49-56,58,60-66H,3,5,7-11,13-22,25-38,40-48H2,1-2H3,(H,59,67)/b6-4+,24-23-,39-12+. The second-order valence-electron chi connectivity index (χ2n) is 20.4. The molecule has 1 fully saturated rings. The van der Waals surface area contributed by atoms with E-state index in [0.29, 0.717) is 19.3 Å². The third kappa shape index (κ3) is 36.0. The van der Waals surface area contributed by atoms with Crippen LogP contribution in [0.15, 0.2) is 36.5 Å². The van der Waals surface area contributed by atoms with Gasteiger partial charge in [-0.15, -0.1) is 0 Å². The van der Waals surface area contributed by atoms with E-state index in [1.165, 1.54) is 180 Å². The number of carbonyl (C=O) groups excluding carboxylic acids is 1. The number of aliphatic hydroxyl groups excluding tert-OH is 7. The lowest BCUT2D eigenvalue weighted by Crippen LogP contribution is -2.60. The quantitative estimate of drug-likeness (QED) is 0.0215. The minimum Gasteiger partial charge on any atom is -0.394 e. The molecule has 0 saturated carbocycles. The summed E-state index contributed by atoms with van der Waals surface area (Å²) in [6.45, 7) is 3.19. The molecule has 11 heteroatoms. The number of rotatable bonds is 49. The Bertz CT molecular complexity index is 1210. The predicted molar refractivity (Wildman–Crippen MR) is 284 cm³/mol. The van der Waals surface area contributed by atoms with Gasteiger partial charge in [0, 0.05) is 0 Å². The molecule has 0 aliphatic carbocycles. The third-order valence-corrected chi connectivity index (χ3v) is 14.0. The van der Waals surface area contributed by atoms with Crippen molar-refractivity contribution in [1.82, 2.24) is 5.32 Å². The molecule has 69 heavy (non-hydrogen) atoms. The van der Waals surface area contributed by atoms with Gasteiger partial charge < -0.3 is 50.5 Å². The zero-order valence-electron chi connectivity index (χ0n) is 44.3. The molecule has 0 aromatic heterocycles. The van der Waals surface area contributed by atoms with Crippen molar-refractivity contribution in [1.29, 1.82) is 0 Å². The Hall–Kier alpha value is -1.67. The summed E-state index contributed by atoms with van der Waals surface area (Å²) in [6, 6.07) is -1.19. The second kappa shape index (κ2) is 47.3. The topological polar surface area (TPSA) is 189 Å². The molecule has 9 unspecified atom stereocenters. The first-order valence-corrected chi connectivity index (χ1v) is 28.9. The van der Waals surface area contributed by atoms with Crippen LogP contribution in [0.2, 0.25) is 0 Å². The average molecular weight is 981 g/mol. The van der Waals surface area contributed by atoms with Crippen LogP contribution in [0.25, 0.3) is 0 Å². The fourth-order valence-corrected chi connectivity index (χ4v) is 9.29. The van der Waals surface area contributed by atoms with Crippen molar-refractivity contribution in [3.05, 3.63) is 36.5 Å². The van der Waals surface area contributed by atoms with Crippen molar-refractivity contribution in [2.24, 2.45) is 0 Å². The summed E-state index contributed by atoms with van der Waals surface area (Å²) in [4.78, 5) is 13.1. The largest absolute Gasteiger partial charge is 0.394 e. The summed E-state index contributed by atoms with van der Waals surface area (Å²) in [6.07, 6.45) is 47.2. The number of hydrogen-bond acceptors (Lipinski definition) is 10. The van der Waals surface area contributed by atoms with E-state index in [1.54, 1.807) is 0 Å². The van der Waals surface area contributed by atoms with E-state index in [4.69, 9.17) is 9.47 Å². The summed E-state index contributed by atoms with van der Waals surface area (Å²) < 4.78 is 11.1. The second-order valence-corrected chi connectivity index (χ2v) is 20.4. The Balaban J connectivity index is 2.11. The van der Waals surface area contributed by atoms with Crippen LogP contribution in [-0.4, -0.2) is 110 Å². The van der Waals surface area contributed by atoms with Crippen molar-refractivity contribution >= 4 is 5.91 Å². The van der Waals surface area contributed by atoms with Crippen LogP contribution in [-0.2, 0) is 14.3 Å². The number of carbonyl (C=O) groups is 1. The van der Waals surface area contributed by atoms with Gasteiger partial charge in [0.15, 0.2) is 6.29 Å². The SMILES string of the molecule is C/C=C/CC/C=C/CCCC(O)C(O)C(COC1OC(CO)C(O)C(O)C1O)NC(=O)C(O)CCCCCCCCCCCCCCCCCC/C=C\CCCCCCCCCCCCCCCC. The minimum atomic E-state index is -1.67. The van der Waals surface area contributed by atoms with Crippen molar-refractivity contribution in [3.63, 3.8) is 0 Å². The van der Waals surface area contributed by atoms with E-state index in [0.717, 1.165) is 32.1 Å². The lowest BCUT2D eigenvalue weighted by molar-refractivity contribution is -0.303. The smallest absolute Gasteiger partial charge is 0.249 e. The van der Waals surface area contributed by atoms with E-state index >= 15 is 0 Å². The van der Waals surface area contributed by atoms with Gasteiger partial charge in [-0.2, -0.15) is 0 Å². The van der Waals surface area contributed by atoms with Gasteiger partial charge in [-0.05, 0) is 71.1 Å². The fraction of sp³-hybridized carbons (Fsp3) is 0.879. The molecular weight excluding hydrogens is 871 g/mol. The van der Waals surface area contributed by atoms with Gasteiger partial charge in [0.05, 0.1) is 25.4 Å². The van der Waals surface area contributed by atoms with E-state index < -0.39 is 74.2 Å². The highest BCUT2D eigenvalue weighted by Gasteiger charge is 2.44. The van der Waals surface area contributed by atoms with Crippen molar-refractivity contribution < 1.29 is 50.0 Å². The first-order chi connectivity index (χ1) is 33.7. The lowest BCUT2D eigenvalue weighted by Gasteiger charge is -2.40. The Kier molecular flexibility index (Phi) is 44.8. The summed E-state index contributed by atoms with van der Waals surface area (Å²) in [5.41, 5.74) is 0. The molecule has 0 spiro atoms. The lowest BCUT2D eigenvalue weighted by atomic mass is 9.98. The molecule has 1 rings (SSSR count). The highest BCUT2D eigenvalue weighted by atomic mass is 16.7. The Morgan fingerprint density at radius 3 is 1.38 bits per heavy atom. The highest BCUT2D eigenvalue weighted by molar-refractivity contribution is 5.80. The molecule has 0 aromatic rings. The molecule has 1 amide bonds. The fourth-order valence-electron chi connectivity index (χ4n) is 9.29. The normalized spacial score (nSPS) is 20.6. The Labute approximate surface area is 422 Å². The molecule has 0 radical (unpaired) electrons. The van der Waals surface area contributed by atoms with Crippen molar-refractivity contribution in [2.45, 2.75) is 313 Å². The van der Waals surface area contributed by atoms with Crippen molar-refractivity contribution in [3.8, 4) is 0 Å². The van der Waals surface area contributed by atoms with Crippen LogP contribution < -0.4 is 5.32 Å². The molecule has 1 aliphatic heterocycles. The highest BCUT2D eigenvalue weighted by Crippen LogP contribution is 2.23. The summed E-state index contributed by atoms with van der Waals surface area (Å²) in [7, 11) is 0. The first kappa shape index (κ1) is 65.3. The van der Waals surface area contributed by atoms with Crippen LogP contribution in [0.5, 0.6) is 0 Å². The molecule has 406 valence electrons. The van der Waals surface area contributed by atoms with E-state index in [2.05, 4.69) is 36.5 Å². The van der Waals surface area contributed by atoms with Gasteiger partial charge in [-0.1, -0.05) is 223 Å². The molecule has 0 bridgehead atoms. The third-order valence-electron chi connectivity index (χ3n) is 14.0. The zero-order chi connectivity index (χ0) is 50.4. The number of allylic oxidation sites excluding steroid dienone is 6. The van der Waals surface area contributed by atoms with Gasteiger partial charge in [0.2, 0.25) is 5.91 Å². The first-order valence-electron chi connectivity index (χ1n) is 28.9. The minimum absolute atomic E-state index is 0.244. The van der Waals surface area contributed by atoms with Crippen LogP contribution in [0.3, 0.4) is 0 Å². The molecule has 8 N–H and O–H groups in total. The summed E-state index contributed by atoms with van der Waals surface area (Å²) in [5.74, 6) is -0.712. The van der Waals surface area contributed by atoms with E-state index in [-0.39, 0.29) is 12.8 Å². The van der Waals surface area contributed by atoms with Gasteiger partial charge in [-0.3, -0.25) is 4.79 Å². The Morgan fingerprint density at radius 1 is 0.522 bits per heavy atom. The summed E-state index contributed by atoms with van der Waals surface area (Å²) in [5, 5.41) is 75.5.